The summed E-state index contributed by atoms with van der Waals surface area (Å²) in [6.07, 6.45) is 3.50. The lowest BCUT2D eigenvalue weighted by molar-refractivity contribution is 0.251. The van der Waals surface area contributed by atoms with Gasteiger partial charge in [0, 0.05) is 6.54 Å². The molecule has 1 heterocycles. The van der Waals surface area contributed by atoms with Gasteiger partial charge >= 0.3 is 0 Å². The molecule has 0 radical (unpaired) electrons. The maximum absolute atomic E-state index is 6.08. The van der Waals surface area contributed by atoms with Gasteiger partial charge < -0.3 is 11.1 Å². The molecule has 1 aliphatic rings. The zero-order valence-corrected chi connectivity index (χ0v) is 17.5. The Bertz CT molecular complexity index is 654. The molecule has 0 amide bonds. The van der Waals surface area contributed by atoms with Gasteiger partial charge in [-0.25, -0.2) is 0 Å². The maximum Gasteiger partial charge on any atom is 0.188 e. The third-order valence-corrected chi connectivity index (χ3v) is 4.76. The van der Waals surface area contributed by atoms with E-state index in [1.807, 2.05) is 6.07 Å². The van der Waals surface area contributed by atoms with Gasteiger partial charge in [-0.05, 0) is 43.5 Å². The first kappa shape index (κ1) is 20.7. The van der Waals surface area contributed by atoms with Crippen molar-refractivity contribution in [1.82, 2.24) is 10.2 Å². The number of nitrogens with zero attached hydrogens (tertiary/aromatic N) is 2. The van der Waals surface area contributed by atoms with Crippen molar-refractivity contribution in [3.8, 4) is 0 Å². The number of halogens is 1. The molecule has 1 aliphatic heterocycles. The second-order valence-electron chi connectivity index (χ2n) is 6.56. The zero-order valence-electron chi connectivity index (χ0n) is 15.2. The molecule has 1 saturated heterocycles. The number of benzene rings is 2. The minimum Gasteiger partial charge on any atom is -0.370 e. The summed E-state index contributed by atoms with van der Waals surface area (Å²) < 4.78 is 0. The fraction of sp³-hybridized carbons (Fsp3) is 0.381. The summed E-state index contributed by atoms with van der Waals surface area (Å²) in [4.78, 5) is 7.14. The molecule has 3 N–H and O–H groups in total. The fourth-order valence-electron chi connectivity index (χ4n) is 3.38. The highest BCUT2D eigenvalue weighted by Gasteiger charge is 2.23. The number of nitrogens with two attached hydrogens (primary N) is 1. The Balaban J connectivity index is 0.00000243. The molecule has 0 spiro atoms. The van der Waals surface area contributed by atoms with Crippen molar-refractivity contribution in [3.63, 3.8) is 0 Å². The third-order valence-electron chi connectivity index (χ3n) is 4.76. The van der Waals surface area contributed by atoms with Crippen LogP contribution in [0.5, 0.6) is 0 Å². The van der Waals surface area contributed by atoms with Crippen molar-refractivity contribution in [2.75, 3.05) is 26.2 Å². The van der Waals surface area contributed by atoms with E-state index >= 15 is 0 Å². The van der Waals surface area contributed by atoms with Gasteiger partial charge in [0.2, 0.25) is 0 Å². The molecule has 2 aromatic rings. The van der Waals surface area contributed by atoms with Crippen LogP contribution in [-0.4, -0.2) is 37.0 Å². The van der Waals surface area contributed by atoms with Crippen molar-refractivity contribution in [1.29, 1.82) is 0 Å². The van der Waals surface area contributed by atoms with Crippen LogP contribution in [0.2, 0.25) is 0 Å². The Hall–Kier alpha value is -1.60. The third kappa shape index (κ3) is 6.29. The number of guanidine groups is 1. The van der Waals surface area contributed by atoms with Crippen LogP contribution in [0.3, 0.4) is 0 Å². The van der Waals surface area contributed by atoms with Crippen LogP contribution in [0.25, 0.3) is 0 Å². The molecule has 26 heavy (non-hydrogen) atoms. The first-order valence-corrected chi connectivity index (χ1v) is 9.19. The van der Waals surface area contributed by atoms with Gasteiger partial charge in [0.1, 0.15) is 0 Å². The average Bonchev–Trinajstić information content (AvgIpc) is 3.18. The Labute approximate surface area is 173 Å². The lowest BCUT2D eigenvalue weighted by Crippen LogP contribution is -2.35. The standard InChI is InChI=1S/C21H28N4.HI/c22-21(23-14-13-18-9-3-1-4-10-18)24-17-20(25-15-7-8-16-25)19-11-5-2-6-12-19;/h1-6,9-12,20H,7-8,13-17H2,(H3,22,23,24);1H. The molecule has 4 nitrogen and oxygen atoms in total. The molecular formula is C21H29IN4. The van der Waals surface area contributed by atoms with Gasteiger partial charge in [-0.3, -0.25) is 9.89 Å². The Morgan fingerprint density at radius 2 is 1.62 bits per heavy atom. The predicted octanol–water partition coefficient (Wildman–Crippen LogP) is 3.59. The van der Waals surface area contributed by atoms with E-state index in [4.69, 9.17) is 5.73 Å². The van der Waals surface area contributed by atoms with Crippen LogP contribution in [0.4, 0.5) is 0 Å². The Morgan fingerprint density at radius 1 is 1.00 bits per heavy atom. The molecule has 0 bridgehead atoms. The quantitative estimate of drug-likeness (QED) is 0.374. The molecular weight excluding hydrogens is 435 g/mol. The van der Waals surface area contributed by atoms with E-state index < -0.39 is 0 Å². The van der Waals surface area contributed by atoms with E-state index in [0.717, 1.165) is 26.1 Å². The van der Waals surface area contributed by atoms with E-state index in [0.29, 0.717) is 18.5 Å². The van der Waals surface area contributed by atoms with Gasteiger partial charge in [-0.15, -0.1) is 24.0 Å². The predicted molar refractivity (Wildman–Crippen MR) is 120 cm³/mol. The summed E-state index contributed by atoms with van der Waals surface area (Å²) in [5, 5.41) is 3.24. The first-order chi connectivity index (χ1) is 12.3. The largest absolute Gasteiger partial charge is 0.370 e. The minimum absolute atomic E-state index is 0. The van der Waals surface area contributed by atoms with Crippen LogP contribution in [-0.2, 0) is 6.42 Å². The minimum atomic E-state index is 0. The highest BCUT2D eigenvalue weighted by molar-refractivity contribution is 14.0. The molecule has 1 fully saturated rings. The zero-order chi connectivity index (χ0) is 17.3. The molecule has 0 saturated carbocycles. The van der Waals surface area contributed by atoms with Crippen LogP contribution < -0.4 is 11.1 Å². The van der Waals surface area contributed by atoms with Crippen LogP contribution in [0.1, 0.15) is 30.0 Å². The molecule has 3 rings (SSSR count). The fourth-order valence-corrected chi connectivity index (χ4v) is 3.38. The van der Waals surface area contributed by atoms with E-state index in [1.165, 1.54) is 24.0 Å². The monoisotopic (exact) mass is 464 g/mol. The highest BCUT2D eigenvalue weighted by atomic mass is 127. The number of rotatable bonds is 7. The lowest BCUT2D eigenvalue weighted by Gasteiger charge is -2.26. The molecule has 5 heteroatoms. The smallest absolute Gasteiger partial charge is 0.188 e. The number of aliphatic imine (C=N–C) groups is 1. The maximum atomic E-state index is 6.08. The summed E-state index contributed by atoms with van der Waals surface area (Å²) in [5.41, 5.74) is 8.72. The second kappa shape index (κ2) is 11.2. The molecule has 2 aromatic carbocycles. The number of hydrogen-bond donors (Lipinski definition) is 2. The highest BCUT2D eigenvalue weighted by Crippen LogP contribution is 2.25. The van der Waals surface area contributed by atoms with Crippen LogP contribution in [0, 0.1) is 0 Å². The lowest BCUT2D eigenvalue weighted by atomic mass is 10.1. The van der Waals surface area contributed by atoms with Gasteiger partial charge in [0.05, 0.1) is 12.6 Å². The van der Waals surface area contributed by atoms with Crippen LogP contribution >= 0.6 is 24.0 Å². The molecule has 0 aliphatic carbocycles. The Morgan fingerprint density at radius 3 is 2.27 bits per heavy atom. The van der Waals surface area contributed by atoms with E-state index in [1.54, 1.807) is 0 Å². The van der Waals surface area contributed by atoms with E-state index in [-0.39, 0.29) is 24.0 Å². The topological polar surface area (TPSA) is 53.6 Å². The Kier molecular flexibility index (Phi) is 8.91. The molecule has 1 atom stereocenters. The molecule has 1 unspecified atom stereocenters. The van der Waals surface area contributed by atoms with Crippen molar-refractivity contribution < 1.29 is 0 Å². The summed E-state index contributed by atoms with van der Waals surface area (Å²) in [6, 6.07) is 21.4. The van der Waals surface area contributed by atoms with Crippen molar-refractivity contribution >= 4 is 29.9 Å². The number of likely N-dealkylation sites (tertiary alicyclic amines) is 1. The summed E-state index contributed by atoms with van der Waals surface area (Å²) in [5.74, 6) is 0.538. The molecule has 0 aromatic heterocycles. The first-order valence-electron chi connectivity index (χ1n) is 9.19. The van der Waals surface area contributed by atoms with Gasteiger partial charge in [0.25, 0.3) is 0 Å². The van der Waals surface area contributed by atoms with Gasteiger partial charge in [-0.1, -0.05) is 60.7 Å². The molecule has 140 valence electrons. The normalized spacial score (nSPS) is 16.1. The summed E-state index contributed by atoms with van der Waals surface area (Å²) in [7, 11) is 0. The second-order valence-corrected chi connectivity index (χ2v) is 6.56. The number of hydrogen-bond acceptors (Lipinski definition) is 2. The van der Waals surface area contributed by atoms with Crippen molar-refractivity contribution in [3.05, 3.63) is 71.8 Å². The summed E-state index contributed by atoms with van der Waals surface area (Å²) >= 11 is 0. The summed E-state index contributed by atoms with van der Waals surface area (Å²) in [6.45, 7) is 3.81. The van der Waals surface area contributed by atoms with Crippen molar-refractivity contribution in [2.24, 2.45) is 10.7 Å². The van der Waals surface area contributed by atoms with Crippen molar-refractivity contribution in [2.45, 2.75) is 25.3 Å². The van der Waals surface area contributed by atoms with E-state index in [2.05, 4.69) is 69.8 Å². The SMILES string of the molecule is I.NC(=NCC(c1ccccc1)N1CCCC1)NCCc1ccccc1. The van der Waals surface area contributed by atoms with E-state index in [9.17, 15) is 0 Å². The van der Waals surface area contributed by atoms with Crippen LogP contribution in [0.15, 0.2) is 65.7 Å². The van der Waals surface area contributed by atoms with Gasteiger partial charge in [-0.2, -0.15) is 0 Å². The van der Waals surface area contributed by atoms with Gasteiger partial charge in [0.15, 0.2) is 5.96 Å². The average molecular weight is 464 g/mol. The number of nitrogens with one attached hydrogen (secondary N) is 1.